The summed E-state index contributed by atoms with van der Waals surface area (Å²) in [5.41, 5.74) is 1.36. The Hall–Kier alpha value is -1.71. The Balaban J connectivity index is 1.95. The predicted molar refractivity (Wildman–Crippen MR) is 73.0 cm³/mol. The van der Waals surface area contributed by atoms with Gasteiger partial charge in [0.05, 0.1) is 6.42 Å². The number of nitrogens with zero attached hydrogens (tertiary/aromatic N) is 2. The van der Waals surface area contributed by atoms with E-state index in [1.54, 1.807) is 18.3 Å². The van der Waals surface area contributed by atoms with E-state index in [1.807, 2.05) is 11.8 Å². The van der Waals surface area contributed by atoms with Gasteiger partial charge in [-0.3, -0.25) is 14.6 Å². The standard InChI is InChI=1S/C15H20N2O2/c1-2-14(18)12-6-7-13(16-11-12)10-15(19)17-8-4-3-5-9-17/h6-7,11H,2-5,8-10H2,1H3. The van der Waals surface area contributed by atoms with Gasteiger partial charge in [0.25, 0.3) is 0 Å². The first-order valence-electron chi connectivity index (χ1n) is 6.96. The fraction of sp³-hybridized carbons (Fsp3) is 0.533. The molecule has 19 heavy (non-hydrogen) atoms. The highest BCUT2D eigenvalue weighted by Crippen LogP contribution is 2.11. The summed E-state index contributed by atoms with van der Waals surface area (Å²) in [4.78, 5) is 29.7. The van der Waals surface area contributed by atoms with Crippen molar-refractivity contribution in [3.63, 3.8) is 0 Å². The van der Waals surface area contributed by atoms with Crippen molar-refractivity contribution in [1.82, 2.24) is 9.88 Å². The molecule has 0 atom stereocenters. The number of hydrogen-bond donors (Lipinski definition) is 0. The Morgan fingerprint density at radius 2 is 1.95 bits per heavy atom. The molecular weight excluding hydrogens is 240 g/mol. The minimum atomic E-state index is 0.0846. The van der Waals surface area contributed by atoms with Crippen LogP contribution in [0.3, 0.4) is 0 Å². The Labute approximate surface area is 113 Å². The summed E-state index contributed by atoms with van der Waals surface area (Å²) in [5.74, 6) is 0.225. The number of rotatable bonds is 4. The number of hydrogen-bond acceptors (Lipinski definition) is 3. The lowest BCUT2D eigenvalue weighted by Gasteiger charge is -2.26. The normalized spacial score (nSPS) is 15.3. The quantitative estimate of drug-likeness (QED) is 0.780. The highest BCUT2D eigenvalue weighted by atomic mass is 16.2. The van der Waals surface area contributed by atoms with Crippen molar-refractivity contribution in [3.8, 4) is 0 Å². The Bertz CT molecular complexity index is 448. The SMILES string of the molecule is CCC(=O)c1ccc(CC(=O)N2CCCCC2)nc1. The molecule has 1 aromatic rings. The van der Waals surface area contributed by atoms with Gasteiger partial charge >= 0.3 is 0 Å². The van der Waals surface area contributed by atoms with Crippen LogP contribution in [0.1, 0.15) is 48.7 Å². The maximum absolute atomic E-state index is 12.1. The van der Waals surface area contributed by atoms with Gasteiger partial charge in [-0.1, -0.05) is 6.92 Å². The van der Waals surface area contributed by atoms with Gasteiger partial charge in [-0.2, -0.15) is 0 Å². The number of carbonyl (C=O) groups excluding carboxylic acids is 2. The lowest BCUT2D eigenvalue weighted by Crippen LogP contribution is -2.36. The molecule has 0 bridgehead atoms. The van der Waals surface area contributed by atoms with Gasteiger partial charge in [0.1, 0.15) is 0 Å². The van der Waals surface area contributed by atoms with Gasteiger partial charge in [0.15, 0.2) is 5.78 Å². The summed E-state index contributed by atoms with van der Waals surface area (Å²) in [6, 6.07) is 3.54. The fourth-order valence-electron chi connectivity index (χ4n) is 2.31. The molecule has 102 valence electrons. The number of aromatic nitrogens is 1. The molecule has 1 amide bonds. The molecule has 0 N–H and O–H groups in total. The van der Waals surface area contributed by atoms with Crippen LogP contribution >= 0.6 is 0 Å². The zero-order valence-corrected chi connectivity index (χ0v) is 11.4. The summed E-state index contributed by atoms with van der Waals surface area (Å²) in [5, 5.41) is 0. The lowest BCUT2D eigenvalue weighted by molar-refractivity contribution is -0.131. The van der Waals surface area contributed by atoms with E-state index in [4.69, 9.17) is 0 Å². The van der Waals surface area contributed by atoms with Gasteiger partial charge in [0.2, 0.25) is 5.91 Å². The molecule has 0 saturated carbocycles. The smallest absolute Gasteiger partial charge is 0.228 e. The third kappa shape index (κ3) is 3.63. The summed E-state index contributed by atoms with van der Waals surface area (Å²) in [6.45, 7) is 3.56. The van der Waals surface area contributed by atoms with Crippen molar-refractivity contribution < 1.29 is 9.59 Å². The second-order valence-corrected chi connectivity index (χ2v) is 4.93. The number of amides is 1. The van der Waals surface area contributed by atoms with Crippen LogP contribution in [0.25, 0.3) is 0 Å². The second-order valence-electron chi connectivity index (χ2n) is 4.93. The van der Waals surface area contributed by atoms with E-state index < -0.39 is 0 Å². The van der Waals surface area contributed by atoms with Gasteiger partial charge < -0.3 is 4.90 Å². The fourth-order valence-corrected chi connectivity index (χ4v) is 2.31. The van der Waals surface area contributed by atoms with Crippen LogP contribution in [0.5, 0.6) is 0 Å². The van der Waals surface area contributed by atoms with Crippen molar-refractivity contribution in [2.45, 2.75) is 39.0 Å². The lowest BCUT2D eigenvalue weighted by atomic mass is 10.1. The molecule has 1 aliphatic rings. The van der Waals surface area contributed by atoms with Crippen molar-refractivity contribution in [1.29, 1.82) is 0 Å². The molecule has 4 heteroatoms. The van der Waals surface area contributed by atoms with Crippen LogP contribution in [-0.4, -0.2) is 34.7 Å². The van der Waals surface area contributed by atoms with E-state index in [1.165, 1.54) is 6.42 Å². The Kier molecular flexibility index (Phi) is 4.66. The number of piperidine rings is 1. The van der Waals surface area contributed by atoms with E-state index in [-0.39, 0.29) is 11.7 Å². The second kappa shape index (κ2) is 6.45. The third-order valence-corrected chi connectivity index (χ3v) is 3.51. The molecule has 0 spiro atoms. The number of likely N-dealkylation sites (tertiary alicyclic amines) is 1. The first kappa shape index (κ1) is 13.7. The van der Waals surface area contributed by atoms with E-state index in [0.717, 1.165) is 31.6 Å². The molecule has 1 aromatic heterocycles. The van der Waals surface area contributed by atoms with Crippen LogP contribution in [0, 0.1) is 0 Å². The molecular formula is C15H20N2O2. The average Bonchev–Trinajstić information content (AvgIpc) is 2.48. The maximum atomic E-state index is 12.1. The van der Waals surface area contributed by atoms with Crippen LogP contribution in [0.2, 0.25) is 0 Å². The minimum Gasteiger partial charge on any atom is -0.342 e. The predicted octanol–water partition coefficient (Wildman–Crippen LogP) is 2.23. The summed E-state index contributed by atoms with van der Waals surface area (Å²) in [7, 11) is 0. The van der Waals surface area contributed by atoms with Gasteiger partial charge in [-0.05, 0) is 31.4 Å². The minimum absolute atomic E-state index is 0.0846. The molecule has 1 saturated heterocycles. The summed E-state index contributed by atoms with van der Waals surface area (Å²) < 4.78 is 0. The van der Waals surface area contributed by atoms with Gasteiger partial charge in [-0.15, -0.1) is 0 Å². The van der Waals surface area contributed by atoms with E-state index >= 15 is 0 Å². The molecule has 0 aromatic carbocycles. The number of Topliss-reactive ketones (excluding diaryl/α,β-unsaturated/α-hetero) is 1. The molecule has 2 heterocycles. The zero-order valence-electron chi connectivity index (χ0n) is 11.4. The van der Waals surface area contributed by atoms with E-state index in [9.17, 15) is 9.59 Å². The largest absolute Gasteiger partial charge is 0.342 e. The van der Waals surface area contributed by atoms with Crippen LogP contribution < -0.4 is 0 Å². The average molecular weight is 260 g/mol. The monoisotopic (exact) mass is 260 g/mol. The molecule has 0 unspecified atom stereocenters. The van der Waals surface area contributed by atoms with Crippen LogP contribution in [-0.2, 0) is 11.2 Å². The summed E-state index contributed by atoms with van der Waals surface area (Å²) in [6.07, 6.45) is 5.81. The van der Waals surface area contributed by atoms with Crippen LogP contribution in [0.15, 0.2) is 18.3 Å². The number of pyridine rings is 1. The zero-order chi connectivity index (χ0) is 13.7. The van der Waals surface area contributed by atoms with Crippen molar-refractivity contribution in [2.75, 3.05) is 13.1 Å². The Morgan fingerprint density at radius 3 is 2.53 bits per heavy atom. The van der Waals surface area contributed by atoms with E-state index in [2.05, 4.69) is 4.98 Å². The first-order valence-corrected chi connectivity index (χ1v) is 6.96. The van der Waals surface area contributed by atoms with Gasteiger partial charge in [-0.25, -0.2) is 0 Å². The summed E-state index contributed by atoms with van der Waals surface area (Å²) >= 11 is 0. The van der Waals surface area contributed by atoms with E-state index in [0.29, 0.717) is 18.4 Å². The first-order chi connectivity index (χ1) is 9.20. The van der Waals surface area contributed by atoms with Crippen molar-refractivity contribution in [3.05, 3.63) is 29.6 Å². The molecule has 1 aliphatic heterocycles. The molecule has 1 fully saturated rings. The molecule has 2 rings (SSSR count). The Morgan fingerprint density at radius 1 is 1.21 bits per heavy atom. The van der Waals surface area contributed by atoms with Crippen molar-refractivity contribution in [2.24, 2.45) is 0 Å². The number of carbonyl (C=O) groups is 2. The highest BCUT2D eigenvalue weighted by Gasteiger charge is 2.17. The molecule has 0 radical (unpaired) electrons. The molecule has 4 nitrogen and oxygen atoms in total. The van der Waals surface area contributed by atoms with Crippen molar-refractivity contribution >= 4 is 11.7 Å². The topological polar surface area (TPSA) is 50.3 Å². The molecule has 0 aliphatic carbocycles. The number of ketones is 1. The highest BCUT2D eigenvalue weighted by molar-refractivity contribution is 5.95. The maximum Gasteiger partial charge on any atom is 0.228 e. The van der Waals surface area contributed by atoms with Gasteiger partial charge in [0, 0.05) is 37.0 Å². The third-order valence-electron chi connectivity index (χ3n) is 3.51. The van der Waals surface area contributed by atoms with Crippen LogP contribution in [0.4, 0.5) is 0 Å².